The average Bonchev–Trinajstić information content (AvgIpc) is 2.96. The number of nitrogens with two attached hydrogens (primary N) is 1. The van der Waals surface area contributed by atoms with Crippen molar-refractivity contribution in [2.75, 3.05) is 30.0 Å². The number of esters is 1. The van der Waals surface area contributed by atoms with Crippen molar-refractivity contribution in [3.8, 4) is 16.9 Å². The number of pyridine rings is 1. The molecule has 8 nitrogen and oxygen atoms in total. The van der Waals surface area contributed by atoms with Gasteiger partial charge in [-0.3, -0.25) is 0 Å². The molecule has 0 radical (unpaired) electrons. The zero-order valence-electron chi connectivity index (χ0n) is 28.0. The molecule has 1 aliphatic heterocycles. The minimum Gasteiger partial charge on any atom is -0.493 e. The highest BCUT2D eigenvalue weighted by atomic mass is 19.1. The number of anilines is 2. The summed E-state index contributed by atoms with van der Waals surface area (Å²) in [6.07, 6.45) is 1.33. The molecule has 1 aromatic heterocycles. The molecule has 2 aromatic carbocycles. The number of aryl methyl sites for hydroxylation is 1. The van der Waals surface area contributed by atoms with Crippen LogP contribution in [0, 0.1) is 18.2 Å². The van der Waals surface area contributed by atoms with E-state index in [0.29, 0.717) is 35.9 Å². The topological polar surface area (TPSA) is 98.9 Å². The van der Waals surface area contributed by atoms with E-state index in [1.54, 1.807) is 12.1 Å². The van der Waals surface area contributed by atoms with Gasteiger partial charge in [0.25, 0.3) is 0 Å². The number of ether oxygens (including phenoxy) is 3. The highest BCUT2D eigenvalue weighted by Gasteiger charge is 2.38. The first kappa shape index (κ1) is 34.2. The highest BCUT2D eigenvalue weighted by molar-refractivity contribution is 5.92. The second-order valence-electron chi connectivity index (χ2n) is 13.8. The van der Waals surface area contributed by atoms with Crippen molar-refractivity contribution >= 4 is 17.5 Å². The number of hydrogen-bond donors (Lipinski definition) is 2. The number of benzene rings is 2. The van der Waals surface area contributed by atoms with E-state index in [-0.39, 0.29) is 17.3 Å². The number of nitrogens with one attached hydrogen (secondary N) is 1. The van der Waals surface area contributed by atoms with Crippen LogP contribution in [-0.4, -0.2) is 42.4 Å². The van der Waals surface area contributed by atoms with Crippen LogP contribution in [0.1, 0.15) is 84.2 Å². The Labute approximate surface area is 267 Å². The molecule has 0 spiro atoms. The molecular formula is C36H49FN4O4. The van der Waals surface area contributed by atoms with Crippen molar-refractivity contribution in [2.24, 2.45) is 11.3 Å². The molecule has 1 aliphatic rings. The summed E-state index contributed by atoms with van der Waals surface area (Å²) in [6.45, 7) is 18.0. The van der Waals surface area contributed by atoms with Gasteiger partial charge >= 0.3 is 5.97 Å². The fraction of sp³-hybridized carbons (Fsp3) is 0.500. The van der Waals surface area contributed by atoms with Crippen LogP contribution in [0.25, 0.3) is 11.1 Å². The Morgan fingerprint density at radius 2 is 1.69 bits per heavy atom. The van der Waals surface area contributed by atoms with E-state index in [2.05, 4.69) is 24.2 Å². The monoisotopic (exact) mass is 620 g/mol. The molecule has 1 fully saturated rings. The van der Waals surface area contributed by atoms with Gasteiger partial charge in [0.05, 0.1) is 24.0 Å². The summed E-state index contributed by atoms with van der Waals surface area (Å²) in [7, 11) is 0. The summed E-state index contributed by atoms with van der Waals surface area (Å²) in [5.74, 6) is 6.62. The van der Waals surface area contributed by atoms with Crippen molar-refractivity contribution in [3.05, 3.63) is 71.2 Å². The first-order valence-electron chi connectivity index (χ1n) is 15.8. The van der Waals surface area contributed by atoms with Gasteiger partial charge in [-0.05, 0) is 95.2 Å². The molecule has 0 aliphatic carbocycles. The third-order valence-corrected chi connectivity index (χ3v) is 7.98. The zero-order chi connectivity index (χ0) is 32.9. The van der Waals surface area contributed by atoms with E-state index in [0.717, 1.165) is 48.3 Å². The number of aromatic nitrogens is 1. The fourth-order valence-corrected chi connectivity index (χ4v) is 5.59. The lowest BCUT2D eigenvalue weighted by Gasteiger charge is -2.41. The Morgan fingerprint density at radius 1 is 1.07 bits per heavy atom. The van der Waals surface area contributed by atoms with E-state index in [1.807, 2.05) is 65.8 Å². The van der Waals surface area contributed by atoms with Crippen LogP contribution in [0.4, 0.5) is 15.9 Å². The lowest BCUT2D eigenvalue weighted by atomic mass is 9.82. The Morgan fingerprint density at radius 3 is 2.24 bits per heavy atom. The van der Waals surface area contributed by atoms with Gasteiger partial charge in [-0.2, -0.15) is 0 Å². The van der Waals surface area contributed by atoms with E-state index in [1.165, 1.54) is 12.1 Å². The third-order valence-electron chi connectivity index (χ3n) is 7.98. The molecule has 3 N–H and O–H groups in total. The first-order valence-corrected chi connectivity index (χ1v) is 15.8. The van der Waals surface area contributed by atoms with Crippen molar-refractivity contribution in [3.63, 3.8) is 0 Å². The summed E-state index contributed by atoms with van der Waals surface area (Å²) >= 11 is 0. The van der Waals surface area contributed by atoms with Gasteiger partial charge in [-0.25, -0.2) is 20.0 Å². The van der Waals surface area contributed by atoms with E-state index in [4.69, 9.17) is 25.0 Å². The predicted octanol–water partition coefficient (Wildman–Crippen LogP) is 7.54. The average molecular weight is 621 g/mol. The standard InChI is InChI=1S/C36H49FN4O4/c1-23(2)44-34(42)32(45-35(4,5)6)29-24(3)39-33(40-38)30(31(29)41-20-18-36(7,8)19-21-41)26-11-15-28(16-12-26)43-22-17-25-9-13-27(37)14-10-25/h9-16,23,32H,17-22,38H2,1-8H3,(H,39,40). The largest absolute Gasteiger partial charge is 0.493 e. The van der Waals surface area contributed by atoms with Crippen molar-refractivity contribution in [2.45, 2.75) is 92.5 Å². The minimum absolute atomic E-state index is 0.207. The smallest absolute Gasteiger partial charge is 0.340 e. The number of hydrogen-bond acceptors (Lipinski definition) is 8. The Kier molecular flexibility index (Phi) is 10.8. The molecule has 1 unspecified atom stereocenters. The lowest BCUT2D eigenvalue weighted by Crippen LogP contribution is -2.39. The SMILES string of the molecule is Cc1nc(NN)c(-c2ccc(OCCc3ccc(F)cc3)cc2)c(N2CCC(C)(C)CC2)c1C(OC(C)(C)C)C(=O)OC(C)C. The highest BCUT2D eigenvalue weighted by Crippen LogP contribution is 2.46. The molecule has 9 heteroatoms. The van der Waals surface area contributed by atoms with Gasteiger partial charge in [0.2, 0.25) is 0 Å². The second kappa shape index (κ2) is 14.2. The maximum absolute atomic E-state index is 13.7. The van der Waals surface area contributed by atoms with Gasteiger partial charge in [-0.1, -0.05) is 38.1 Å². The second-order valence-corrected chi connectivity index (χ2v) is 13.8. The molecule has 2 heterocycles. The fourth-order valence-electron chi connectivity index (χ4n) is 5.59. The normalized spacial score (nSPS) is 15.6. The summed E-state index contributed by atoms with van der Waals surface area (Å²) in [5, 5.41) is 0. The Hall–Kier alpha value is -3.69. The number of carbonyl (C=O) groups excluding carboxylic acids is 1. The van der Waals surface area contributed by atoms with Crippen molar-refractivity contribution in [1.82, 2.24) is 4.98 Å². The molecule has 244 valence electrons. The number of rotatable bonds is 11. The zero-order valence-corrected chi connectivity index (χ0v) is 28.0. The number of nitrogens with zero attached hydrogens (tertiary/aromatic N) is 2. The number of carbonyl (C=O) groups is 1. The number of hydrazine groups is 1. The lowest BCUT2D eigenvalue weighted by molar-refractivity contribution is -0.171. The maximum Gasteiger partial charge on any atom is 0.340 e. The Balaban J connectivity index is 1.79. The maximum atomic E-state index is 13.7. The summed E-state index contributed by atoms with van der Waals surface area (Å²) in [4.78, 5) is 20.9. The van der Waals surface area contributed by atoms with Crippen LogP contribution in [0.2, 0.25) is 0 Å². The molecule has 1 atom stereocenters. The molecule has 0 saturated carbocycles. The molecule has 1 saturated heterocycles. The molecule has 3 aromatic rings. The van der Waals surface area contributed by atoms with Gasteiger partial charge in [-0.15, -0.1) is 0 Å². The molecule has 4 rings (SSSR count). The number of piperidine rings is 1. The third kappa shape index (κ3) is 8.95. The summed E-state index contributed by atoms with van der Waals surface area (Å²) in [5.41, 5.74) is 7.25. The Bertz CT molecular complexity index is 1440. The van der Waals surface area contributed by atoms with E-state index < -0.39 is 17.7 Å². The van der Waals surface area contributed by atoms with Crippen molar-refractivity contribution < 1.29 is 23.4 Å². The van der Waals surface area contributed by atoms with Gasteiger partial charge < -0.3 is 24.5 Å². The summed E-state index contributed by atoms with van der Waals surface area (Å²) in [6, 6.07) is 14.2. The van der Waals surface area contributed by atoms with Crippen LogP contribution in [0.15, 0.2) is 48.5 Å². The quantitative estimate of drug-likeness (QED) is 0.129. The molecule has 0 bridgehead atoms. The molecule has 45 heavy (non-hydrogen) atoms. The first-order chi connectivity index (χ1) is 21.2. The number of nitrogen functional groups attached to an aromatic ring is 1. The molecule has 0 amide bonds. The van der Waals surface area contributed by atoms with Crippen molar-refractivity contribution in [1.29, 1.82) is 0 Å². The van der Waals surface area contributed by atoms with E-state index >= 15 is 0 Å². The van der Waals surface area contributed by atoms with Crippen LogP contribution in [0.3, 0.4) is 0 Å². The number of halogens is 1. The van der Waals surface area contributed by atoms with Crippen LogP contribution < -0.4 is 20.9 Å². The van der Waals surface area contributed by atoms with Gasteiger partial charge in [0, 0.05) is 36.3 Å². The van der Waals surface area contributed by atoms with Crippen LogP contribution in [-0.2, 0) is 20.7 Å². The predicted molar refractivity (Wildman–Crippen MR) is 178 cm³/mol. The van der Waals surface area contributed by atoms with Crippen LogP contribution in [0.5, 0.6) is 5.75 Å². The van der Waals surface area contributed by atoms with E-state index in [9.17, 15) is 9.18 Å². The van der Waals surface area contributed by atoms with Crippen LogP contribution >= 0.6 is 0 Å². The van der Waals surface area contributed by atoms with Gasteiger partial charge in [0.1, 0.15) is 17.4 Å². The van der Waals surface area contributed by atoms with Gasteiger partial charge in [0.15, 0.2) is 6.10 Å². The minimum atomic E-state index is -0.996. The summed E-state index contributed by atoms with van der Waals surface area (Å²) < 4.78 is 31.5. The molecular weight excluding hydrogens is 571 g/mol.